The molecule has 0 saturated carbocycles. The van der Waals surface area contributed by atoms with Gasteiger partial charge in [-0.2, -0.15) is 0 Å². The van der Waals surface area contributed by atoms with Crippen molar-refractivity contribution in [3.63, 3.8) is 0 Å². The molecule has 10 heteroatoms. The Morgan fingerprint density at radius 3 is 2.50 bits per heavy atom. The SMILES string of the molecule is CCOC(=O)NC(=O)Cn1c(=O)c2c(ncn2CCC(C)C)n(Cc2ccccc2)c1=O. The van der Waals surface area contributed by atoms with Crippen LogP contribution in [0.4, 0.5) is 4.79 Å². The van der Waals surface area contributed by atoms with E-state index in [1.807, 2.05) is 35.6 Å². The Balaban J connectivity index is 2.09. The van der Waals surface area contributed by atoms with Crippen molar-refractivity contribution in [3.05, 3.63) is 63.1 Å². The van der Waals surface area contributed by atoms with Crippen LogP contribution in [0.2, 0.25) is 0 Å². The average Bonchev–Trinajstić information content (AvgIpc) is 3.17. The third-order valence-corrected chi connectivity index (χ3v) is 4.93. The maximum Gasteiger partial charge on any atom is 0.413 e. The molecule has 0 aliphatic heterocycles. The van der Waals surface area contributed by atoms with Crippen molar-refractivity contribution in [2.45, 2.75) is 46.8 Å². The number of hydrogen-bond donors (Lipinski definition) is 1. The van der Waals surface area contributed by atoms with Gasteiger partial charge in [-0.05, 0) is 24.8 Å². The highest BCUT2D eigenvalue weighted by molar-refractivity contribution is 5.91. The van der Waals surface area contributed by atoms with Gasteiger partial charge in [0.1, 0.15) is 6.54 Å². The zero-order valence-electron chi connectivity index (χ0n) is 18.4. The summed E-state index contributed by atoms with van der Waals surface area (Å²) in [5, 5.41) is 2.02. The number of imide groups is 1. The second kappa shape index (κ2) is 10.1. The van der Waals surface area contributed by atoms with E-state index < -0.39 is 29.8 Å². The zero-order chi connectivity index (χ0) is 23.3. The molecule has 10 nitrogen and oxygen atoms in total. The first-order valence-electron chi connectivity index (χ1n) is 10.5. The summed E-state index contributed by atoms with van der Waals surface area (Å²) >= 11 is 0. The fraction of sp³-hybridized carbons (Fsp3) is 0.409. The summed E-state index contributed by atoms with van der Waals surface area (Å²) in [5.41, 5.74) is 0.0302. The Kier molecular flexibility index (Phi) is 7.24. The first kappa shape index (κ1) is 23.0. The lowest BCUT2D eigenvalue weighted by molar-refractivity contribution is -0.121. The molecule has 1 N–H and O–H groups in total. The van der Waals surface area contributed by atoms with E-state index in [4.69, 9.17) is 0 Å². The van der Waals surface area contributed by atoms with E-state index in [9.17, 15) is 19.2 Å². The van der Waals surface area contributed by atoms with Gasteiger partial charge in [0.25, 0.3) is 5.56 Å². The minimum Gasteiger partial charge on any atom is -0.450 e. The van der Waals surface area contributed by atoms with Gasteiger partial charge in [-0.1, -0.05) is 44.2 Å². The van der Waals surface area contributed by atoms with Crippen LogP contribution < -0.4 is 16.6 Å². The molecule has 0 spiro atoms. The molecule has 2 aromatic heterocycles. The molecule has 0 aliphatic rings. The molecular formula is C22H27N5O5. The van der Waals surface area contributed by atoms with E-state index in [2.05, 4.69) is 23.6 Å². The summed E-state index contributed by atoms with van der Waals surface area (Å²) in [7, 11) is 0. The smallest absolute Gasteiger partial charge is 0.413 e. The van der Waals surface area contributed by atoms with Crippen LogP contribution in [0.25, 0.3) is 11.2 Å². The van der Waals surface area contributed by atoms with Crippen LogP contribution >= 0.6 is 0 Å². The van der Waals surface area contributed by atoms with E-state index in [1.165, 1.54) is 4.57 Å². The van der Waals surface area contributed by atoms with Crippen molar-refractivity contribution in [2.24, 2.45) is 5.92 Å². The minimum absolute atomic E-state index is 0.0872. The first-order chi connectivity index (χ1) is 15.3. The molecular weight excluding hydrogens is 414 g/mol. The number of ether oxygens (including phenoxy) is 1. The van der Waals surface area contributed by atoms with Crippen molar-refractivity contribution in [3.8, 4) is 0 Å². The highest BCUT2D eigenvalue weighted by Crippen LogP contribution is 2.12. The Labute approximate surface area is 184 Å². The number of fused-ring (bicyclic) bond motifs is 1. The second-order valence-electron chi connectivity index (χ2n) is 7.81. The standard InChI is InChI=1S/C22H27N5O5/c1-4-32-21(30)24-17(28)13-27-20(29)18-19(23-14-25(18)11-10-15(2)3)26(22(27)31)12-16-8-6-5-7-9-16/h5-9,14-15H,4,10-13H2,1-3H3,(H,24,28,30). The van der Waals surface area contributed by atoms with Crippen LogP contribution in [-0.2, 0) is 29.2 Å². The van der Waals surface area contributed by atoms with Gasteiger partial charge < -0.3 is 9.30 Å². The van der Waals surface area contributed by atoms with Crippen LogP contribution in [0, 0.1) is 5.92 Å². The van der Waals surface area contributed by atoms with Gasteiger partial charge >= 0.3 is 11.8 Å². The van der Waals surface area contributed by atoms with Gasteiger partial charge in [-0.25, -0.2) is 19.1 Å². The van der Waals surface area contributed by atoms with Crippen molar-refractivity contribution in [1.82, 2.24) is 24.0 Å². The monoisotopic (exact) mass is 441 g/mol. The quantitative estimate of drug-likeness (QED) is 0.569. The number of aryl methyl sites for hydroxylation is 1. The topological polar surface area (TPSA) is 117 Å². The summed E-state index contributed by atoms with van der Waals surface area (Å²) in [5.74, 6) is -0.415. The number of aromatic nitrogens is 4. The lowest BCUT2D eigenvalue weighted by atomic mass is 10.1. The molecule has 0 fully saturated rings. The summed E-state index contributed by atoms with van der Waals surface area (Å²) < 4.78 is 8.59. The fourth-order valence-electron chi connectivity index (χ4n) is 3.32. The van der Waals surface area contributed by atoms with Crippen LogP contribution in [0.15, 0.2) is 46.2 Å². The third-order valence-electron chi connectivity index (χ3n) is 4.93. The number of nitrogens with zero attached hydrogens (tertiary/aromatic N) is 4. The number of benzene rings is 1. The maximum atomic E-state index is 13.2. The predicted octanol–water partition coefficient (Wildman–Crippen LogP) is 1.73. The molecule has 3 rings (SSSR count). The Bertz CT molecular complexity index is 1220. The Hall–Kier alpha value is -3.69. The number of alkyl carbamates (subject to hydrolysis) is 1. The van der Waals surface area contributed by atoms with E-state index in [1.54, 1.807) is 17.8 Å². The molecule has 0 aliphatic carbocycles. The zero-order valence-corrected chi connectivity index (χ0v) is 18.4. The largest absolute Gasteiger partial charge is 0.450 e. The van der Waals surface area contributed by atoms with E-state index in [0.717, 1.165) is 16.6 Å². The summed E-state index contributed by atoms with van der Waals surface area (Å²) in [6.45, 7) is 5.94. The van der Waals surface area contributed by atoms with Gasteiger partial charge in [0.15, 0.2) is 11.2 Å². The molecule has 2 heterocycles. The van der Waals surface area contributed by atoms with Crippen molar-refractivity contribution in [2.75, 3.05) is 6.61 Å². The van der Waals surface area contributed by atoms with Gasteiger partial charge in [-0.15, -0.1) is 0 Å². The van der Waals surface area contributed by atoms with Crippen molar-refractivity contribution in [1.29, 1.82) is 0 Å². The molecule has 0 atom stereocenters. The summed E-state index contributed by atoms with van der Waals surface area (Å²) in [4.78, 5) is 54.6. The number of amides is 2. The van der Waals surface area contributed by atoms with Gasteiger partial charge in [0.05, 0.1) is 19.5 Å². The Morgan fingerprint density at radius 2 is 1.84 bits per heavy atom. The van der Waals surface area contributed by atoms with E-state index in [-0.39, 0.29) is 24.3 Å². The first-order valence-corrected chi connectivity index (χ1v) is 10.5. The van der Waals surface area contributed by atoms with Gasteiger partial charge in [-0.3, -0.25) is 19.5 Å². The number of rotatable bonds is 8. The van der Waals surface area contributed by atoms with Crippen molar-refractivity contribution < 1.29 is 14.3 Å². The fourth-order valence-corrected chi connectivity index (χ4v) is 3.32. The number of carbonyl (C=O) groups excluding carboxylic acids is 2. The van der Waals surface area contributed by atoms with E-state index >= 15 is 0 Å². The normalized spacial score (nSPS) is 11.1. The highest BCUT2D eigenvalue weighted by atomic mass is 16.5. The third kappa shape index (κ3) is 5.13. The van der Waals surface area contributed by atoms with Crippen LogP contribution in [0.1, 0.15) is 32.8 Å². The van der Waals surface area contributed by atoms with Crippen molar-refractivity contribution >= 4 is 23.2 Å². The highest BCUT2D eigenvalue weighted by Gasteiger charge is 2.21. The number of imidazole rings is 1. The van der Waals surface area contributed by atoms with Crippen LogP contribution in [-0.4, -0.2) is 37.3 Å². The van der Waals surface area contributed by atoms with Crippen LogP contribution in [0.3, 0.4) is 0 Å². The molecule has 0 bridgehead atoms. The molecule has 0 radical (unpaired) electrons. The number of hydrogen-bond acceptors (Lipinski definition) is 6. The number of nitrogens with one attached hydrogen (secondary N) is 1. The minimum atomic E-state index is -0.932. The maximum absolute atomic E-state index is 13.2. The molecule has 3 aromatic rings. The van der Waals surface area contributed by atoms with Crippen LogP contribution in [0.5, 0.6) is 0 Å². The molecule has 2 amide bonds. The molecule has 32 heavy (non-hydrogen) atoms. The predicted molar refractivity (Wildman–Crippen MR) is 118 cm³/mol. The summed E-state index contributed by atoms with van der Waals surface area (Å²) in [6, 6.07) is 9.28. The average molecular weight is 441 g/mol. The Morgan fingerprint density at radius 1 is 1.12 bits per heavy atom. The molecule has 0 unspecified atom stereocenters. The van der Waals surface area contributed by atoms with Gasteiger partial charge in [0.2, 0.25) is 5.91 Å². The van der Waals surface area contributed by atoms with E-state index in [0.29, 0.717) is 12.5 Å². The van der Waals surface area contributed by atoms with Gasteiger partial charge in [0, 0.05) is 6.54 Å². The number of carbonyl (C=O) groups is 2. The lowest BCUT2D eigenvalue weighted by Crippen LogP contribution is -2.45. The molecule has 1 aromatic carbocycles. The molecule has 170 valence electrons. The summed E-state index contributed by atoms with van der Waals surface area (Å²) in [6.07, 6.45) is 1.42. The lowest BCUT2D eigenvalue weighted by Gasteiger charge is -2.13. The second-order valence-corrected chi connectivity index (χ2v) is 7.81. The molecule has 0 saturated heterocycles.